The van der Waals surface area contributed by atoms with Gasteiger partial charge in [-0.15, -0.1) is 0 Å². The van der Waals surface area contributed by atoms with Gasteiger partial charge < -0.3 is 21.1 Å². The molecule has 0 bridgehead atoms. The Morgan fingerprint density at radius 3 is 2.76 bits per heavy atom. The van der Waals surface area contributed by atoms with Crippen molar-refractivity contribution in [1.29, 1.82) is 0 Å². The number of nitrogens with two attached hydrogens (primary N) is 1. The summed E-state index contributed by atoms with van der Waals surface area (Å²) in [7, 11) is 0. The summed E-state index contributed by atoms with van der Waals surface area (Å²) >= 11 is 3.43. The fourth-order valence-corrected chi connectivity index (χ4v) is 2.99. The van der Waals surface area contributed by atoms with Crippen LogP contribution in [0.3, 0.4) is 0 Å². The van der Waals surface area contributed by atoms with Gasteiger partial charge in [-0.25, -0.2) is 0 Å². The molecule has 0 saturated carbocycles. The molecule has 1 aromatic carbocycles. The van der Waals surface area contributed by atoms with E-state index in [0.29, 0.717) is 28.2 Å². The number of benzene rings is 1. The highest BCUT2D eigenvalue weighted by Crippen LogP contribution is 2.39. The molecule has 0 spiro atoms. The standard InChI is InChI=1S/C14H18BrN3O3/c1-7(2)5-18(6-12(16)19)11-4-10-8(3-9(11)15)13(20)14(21)17-10/h3-4,7,13,20H,5-6H2,1-2H3,(H2,16,19)(H,17,21). The first-order chi connectivity index (χ1) is 9.79. The van der Waals surface area contributed by atoms with Gasteiger partial charge >= 0.3 is 0 Å². The Morgan fingerprint density at radius 1 is 1.52 bits per heavy atom. The first kappa shape index (κ1) is 15.8. The minimum absolute atomic E-state index is 0.0894. The van der Waals surface area contributed by atoms with Crippen LogP contribution in [0.25, 0.3) is 0 Å². The molecule has 6 nitrogen and oxygen atoms in total. The van der Waals surface area contributed by atoms with Gasteiger partial charge in [-0.2, -0.15) is 0 Å². The minimum atomic E-state index is -1.15. The molecule has 1 aliphatic heterocycles. The summed E-state index contributed by atoms with van der Waals surface area (Å²) in [4.78, 5) is 24.6. The second-order valence-electron chi connectivity index (χ2n) is 5.52. The number of nitrogens with one attached hydrogen (secondary N) is 1. The van der Waals surface area contributed by atoms with Crippen molar-refractivity contribution in [2.75, 3.05) is 23.3 Å². The van der Waals surface area contributed by atoms with Gasteiger partial charge in [0.25, 0.3) is 5.91 Å². The third-order valence-electron chi connectivity index (χ3n) is 3.19. The number of hydrogen-bond donors (Lipinski definition) is 3. The van der Waals surface area contributed by atoms with E-state index in [2.05, 4.69) is 21.2 Å². The molecule has 4 N–H and O–H groups in total. The van der Waals surface area contributed by atoms with Crippen molar-refractivity contribution in [3.63, 3.8) is 0 Å². The molecule has 0 saturated heterocycles. The zero-order valence-corrected chi connectivity index (χ0v) is 13.5. The number of carbonyl (C=O) groups is 2. The molecule has 2 rings (SSSR count). The fraction of sp³-hybridized carbons (Fsp3) is 0.429. The van der Waals surface area contributed by atoms with Gasteiger partial charge in [0.15, 0.2) is 6.10 Å². The molecule has 0 fully saturated rings. The van der Waals surface area contributed by atoms with Gasteiger partial charge in [-0.3, -0.25) is 9.59 Å². The predicted octanol–water partition coefficient (Wildman–Crippen LogP) is 1.38. The van der Waals surface area contributed by atoms with E-state index in [0.717, 1.165) is 5.69 Å². The Labute approximate surface area is 131 Å². The number of primary amides is 1. The molecule has 21 heavy (non-hydrogen) atoms. The maximum Gasteiger partial charge on any atom is 0.257 e. The number of anilines is 2. The molecule has 0 aromatic heterocycles. The van der Waals surface area contributed by atoms with Crippen LogP contribution in [0.5, 0.6) is 0 Å². The quantitative estimate of drug-likeness (QED) is 0.743. The van der Waals surface area contributed by atoms with Gasteiger partial charge in [0.2, 0.25) is 5.91 Å². The number of amides is 2. The van der Waals surface area contributed by atoms with E-state index in [-0.39, 0.29) is 6.54 Å². The van der Waals surface area contributed by atoms with Crippen LogP contribution in [0.15, 0.2) is 16.6 Å². The average Bonchev–Trinajstić information content (AvgIpc) is 2.63. The van der Waals surface area contributed by atoms with Crippen molar-refractivity contribution < 1.29 is 14.7 Å². The van der Waals surface area contributed by atoms with Crippen molar-refractivity contribution in [2.45, 2.75) is 20.0 Å². The van der Waals surface area contributed by atoms with E-state index < -0.39 is 17.9 Å². The lowest BCUT2D eigenvalue weighted by Crippen LogP contribution is -2.36. The van der Waals surface area contributed by atoms with E-state index in [9.17, 15) is 14.7 Å². The summed E-state index contributed by atoms with van der Waals surface area (Å²) in [6.07, 6.45) is -1.15. The Morgan fingerprint density at radius 2 is 2.19 bits per heavy atom. The van der Waals surface area contributed by atoms with Crippen molar-refractivity contribution in [3.05, 3.63) is 22.2 Å². The van der Waals surface area contributed by atoms with Crippen LogP contribution in [-0.2, 0) is 9.59 Å². The predicted molar refractivity (Wildman–Crippen MR) is 84.0 cm³/mol. The second kappa shape index (κ2) is 6.03. The maximum absolute atomic E-state index is 11.5. The molecule has 1 heterocycles. The number of nitrogens with zero attached hydrogens (tertiary/aromatic N) is 1. The molecule has 1 atom stereocenters. The Balaban J connectivity index is 2.40. The summed E-state index contributed by atoms with van der Waals surface area (Å²) in [5.41, 5.74) is 7.15. The highest BCUT2D eigenvalue weighted by molar-refractivity contribution is 9.10. The van der Waals surface area contributed by atoms with Gasteiger partial charge in [-0.05, 0) is 34.0 Å². The van der Waals surface area contributed by atoms with Crippen LogP contribution in [0, 0.1) is 5.92 Å². The van der Waals surface area contributed by atoms with Gasteiger partial charge in [-0.1, -0.05) is 13.8 Å². The molecule has 1 aliphatic rings. The summed E-state index contributed by atoms with van der Waals surface area (Å²) in [5.74, 6) is -0.531. The summed E-state index contributed by atoms with van der Waals surface area (Å²) in [6.45, 7) is 4.82. The van der Waals surface area contributed by atoms with E-state index >= 15 is 0 Å². The van der Waals surface area contributed by atoms with Crippen LogP contribution in [0.2, 0.25) is 0 Å². The van der Waals surface area contributed by atoms with Crippen molar-refractivity contribution in [1.82, 2.24) is 0 Å². The zero-order chi connectivity index (χ0) is 15.7. The SMILES string of the molecule is CC(C)CN(CC(N)=O)c1cc2c(cc1Br)C(O)C(=O)N2. The number of rotatable bonds is 5. The number of carbonyl (C=O) groups excluding carboxylic acids is 2. The van der Waals surface area contributed by atoms with Crippen molar-refractivity contribution in [2.24, 2.45) is 11.7 Å². The van der Waals surface area contributed by atoms with Crippen molar-refractivity contribution in [3.8, 4) is 0 Å². The number of hydrogen-bond acceptors (Lipinski definition) is 4. The normalized spacial score (nSPS) is 16.8. The number of aliphatic hydroxyl groups is 1. The topological polar surface area (TPSA) is 95.7 Å². The monoisotopic (exact) mass is 355 g/mol. The number of fused-ring (bicyclic) bond motifs is 1. The van der Waals surface area contributed by atoms with E-state index in [1.807, 2.05) is 18.7 Å². The van der Waals surface area contributed by atoms with Gasteiger partial charge in [0.1, 0.15) is 0 Å². The van der Waals surface area contributed by atoms with Crippen LogP contribution >= 0.6 is 15.9 Å². The smallest absolute Gasteiger partial charge is 0.257 e. The molecule has 114 valence electrons. The lowest BCUT2D eigenvalue weighted by atomic mass is 10.1. The first-order valence-electron chi connectivity index (χ1n) is 6.65. The summed E-state index contributed by atoms with van der Waals surface area (Å²) < 4.78 is 0.707. The summed E-state index contributed by atoms with van der Waals surface area (Å²) in [6, 6.07) is 3.44. The summed E-state index contributed by atoms with van der Waals surface area (Å²) in [5, 5.41) is 12.4. The molecule has 1 aromatic rings. The Hall–Kier alpha value is -1.60. The molecule has 2 amide bonds. The maximum atomic E-state index is 11.5. The zero-order valence-electron chi connectivity index (χ0n) is 11.9. The number of aliphatic hydroxyl groups excluding tert-OH is 1. The lowest BCUT2D eigenvalue weighted by Gasteiger charge is -2.27. The minimum Gasteiger partial charge on any atom is -0.378 e. The first-order valence-corrected chi connectivity index (χ1v) is 7.44. The fourth-order valence-electron chi connectivity index (χ4n) is 2.37. The lowest BCUT2D eigenvalue weighted by molar-refractivity contribution is -0.123. The van der Waals surface area contributed by atoms with Crippen LogP contribution in [0.1, 0.15) is 25.5 Å². The third kappa shape index (κ3) is 3.36. The molecule has 0 radical (unpaired) electrons. The highest BCUT2D eigenvalue weighted by atomic mass is 79.9. The van der Waals surface area contributed by atoms with E-state index in [1.165, 1.54) is 0 Å². The highest BCUT2D eigenvalue weighted by Gasteiger charge is 2.30. The Kier molecular flexibility index (Phi) is 4.53. The van der Waals surface area contributed by atoms with Crippen LogP contribution in [-0.4, -0.2) is 30.0 Å². The number of halogens is 1. The van der Waals surface area contributed by atoms with Crippen LogP contribution in [0.4, 0.5) is 11.4 Å². The molecular weight excluding hydrogens is 338 g/mol. The molecule has 1 unspecified atom stereocenters. The van der Waals surface area contributed by atoms with E-state index in [1.54, 1.807) is 12.1 Å². The Bertz CT molecular complexity index is 589. The average molecular weight is 356 g/mol. The molecular formula is C14H18BrN3O3. The molecule has 0 aliphatic carbocycles. The van der Waals surface area contributed by atoms with E-state index in [4.69, 9.17) is 5.73 Å². The van der Waals surface area contributed by atoms with Crippen molar-refractivity contribution >= 4 is 39.1 Å². The van der Waals surface area contributed by atoms with Gasteiger partial charge in [0, 0.05) is 22.3 Å². The second-order valence-corrected chi connectivity index (χ2v) is 6.38. The molecule has 7 heteroatoms. The van der Waals surface area contributed by atoms with Crippen LogP contribution < -0.4 is 16.0 Å². The largest absolute Gasteiger partial charge is 0.378 e. The third-order valence-corrected chi connectivity index (χ3v) is 3.83. The van der Waals surface area contributed by atoms with Gasteiger partial charge in [0.05, 0.1) is 12.2 Å².